The molecule has 2 amide bonds. The van der Waals surface area contributed by atoms with Crippen LogP contribution in [-0.2, 0) is 16.0 Å². The Labute approximate surface area is 266 Å². The molecule has 1 aliphatic rings. The maximum Gasteiger partial charge on any atom is 0.341 e. The molecule has 0 aromatic heterocycles. The van der Waals surface area contributed by atoms with E-state index in [2.05, 4.69) is 31.9 Å². The summed E-state index contributed by atoms with van der Waals surface area (Å²) in [5.74, 6) is -1.59. The molecule has 13 heteroatoms. The van der Waals surface area contributed by atoms with E-state index >= 15 is 0 Å². The highest BCUT2D eigenvalue weighted by Crippen LogP contribution is 2.33. The molecule has 1 atom stereocenters. The number of rotatable bonds is 10. The van der Waals surface area contributed by atoms with Gasteiger partial charge in [-0.2, -0.15) is 0 Å². The molecule has 3 aromatic carbocycles. The molecule has 0 radical (unpaired) electrons. The van der Waals surface area contributed by atoms with Crippen molar-refractivity contribution in [2.75, 3.05) is 18.5 Å². The first-order valence-corrected chi connectivity index (χ1v) is 15.3. The molecule has 0 bridgehead atoms. The van der Waals surface area contributed by atoms with E-state index in [4.69, 9.17) is 33.0 Å². The van der Waals surface area contributed by atoms with Gasteiger partial charge in [-0.25, -0.2) is 4.79 Å². The molecule has 1 unspecified atom stereocenters. The molecule has 8 nitrogen and oxygen atoms in total. The summed E-state index contributed by atoms with van der Waals surface area (Å²) in [4.78, 5) is 60.3. The number of aliphatic carboxylic acids is 1. The third kappa shape index (κ3) is 9.68. The Morgan fingerprint density at radius 3 is 2.00 bits per heavy atom. The fourth-order valence-electron chi connectivity index (χ4n) is 3.54. The van der Waals surface area contributed by atoms with Crippen LogP contribution >= 0.6 is 66.8 Å². The first kappa shape index (κ1) is 32.8. The van der Waals surface area contributed by atoms with E-state index in [1.54, 1.807) is 54.6 Å². The number of ketones is 2. The standard InChI is InChI=1S/C20H15BrClNO6S.C8H6BrClO/c21-13-3-6-16(29-10-18(25)26)12(7-13)8-17-19(27)23(20(28)30-17)9-15(24)11-1-4-14(22)5-2-11;9-5-8(11)6-1-3-7(10)4-2-6/h1-7,17H,8-10H2,(H,25,26);1-4H,5H2. The molecular weight excluding hydrogens is 725 g/mol. The van der Waals surface area contributed by atoms with Crippen molar-refractivity contribution in [1.29, 1.82) is 0 Å². The van der Waals surface area contributed by atoms with Gasteiger partial charge in [0.05, 0.1) is 17.1 Å². The van der Waals surface area contributed by atoms with E-state index in [1.807, 2.05) is 0 Å². The number of alkyl halides is 1. The van der Waals surface area contributed by atoms with E-state index in [9.17, 15) is 24.0 Å². The smallest absolute Gasteiger partial charge is 0.341 e. The number of carbonyl (C=O) groups excluding carboxylic acids is 4. The van der Waals surface area contributed by atoms with Gasteiger partial charge in [-0.1, -0.05) is 66.8 Å². The van der Waals surface area contributed by atoms with Gasteiger partial charge in [0.15, 0.2) is 18.2 Å². The lowest BCUT2D eigenvalue weighted by Gasteiger charge is -2.15. The average molecular weight is 746 g/mol. The molecular formula is C28H21Br2Cl2NO7S. The maximum absolute atomic E-state index is 12.8. The van der Waals surface area contributed by atoms with Crippen LogP contribution in [0.1, 0.15) is 26.3 Å². The van der Waals surface area contributed by atoms with Crippen LogP contribution < -0.4 is 4.74 Å². The van der Waals surface area contributed by atoms with Crippen LogP contribution in [0.3, 0.4) is 0 Å². The van der Waals surface area contributed by atoms with Crippen molar-refractivity contribution in [3.05, 3.63) is 97.9 Å². The first-order chi connectivity index (χ1) is 19.5. The topological polar surface area (TPSA) is 118 Å². The highest BCUT2D eigenvalue weighted by Gasteiger charge is 2.40. The second kappa shape index (κ2) is 15.5. The Hall–Kier alpha value is -2.70. The normalized spacial score (nSPS) is 14.3. The minimum absolute atomic E-state index is 0.0710. The Morgan fingerprint density at radius 1 is 0.902 bits per heavy atom. The van der Waals surface area contributed by atoms with Gasteiger partial charge in [0.2, 0.25) is 5.91 Å². The Kier molecular flexibility index (Phi) is 12.4. The summed E-state index contributed by atoms with van der Waals surface area (Å²) >= 11 is 18.7. The number of halogens is 4. The number of ether oxygens (including phenoxy) is 1. The minimum atomic E-state index is -1.13. The van der Waals surface area contributed by atoms with Crippen LogP contribution in [0.15, 0.2) is 71.2 Å². The molecule has 41 heavy (non-hydrogen) atoms. The van der Waals surface area contributed by atoms with Crippen LogP contribution in [-0.4, -0.2) is 62.4 Å². The predicted molar refractivity (Wildman–Crippen MR) is 165 cm³/mol. The quantitative estimate of drug-likeness (QED) is 0.175. The lowest BCUT2D eigenvalue weighted by Crippen LogP contribution is -2.36. The number of carboxylic acids is 1. The van der Waals surface area contributed by atoms with Crippen molar-refractivity contribution in [3.63, 3.8) is 0 Å². The molecule has 1 saturated heterocycles. The summed E-state index contributed by atoms with van der Waals surface area (Å²) in [5.41, 5.74) is 1.62. The van der Waals surface area contributed by atoms with Gasteiger partial charge in [-0.05, 0) is 78.7 Å². The van der Waals surface area contributed by atoms with Crippen molar-refractivity contribution in [3.8, 4) is 5.75 Å². The Balaban J connectivity index is 0.000000352. The number of amides is 2. The van der Waals surface area contributed by atoms with E-state index in [0.29, 0.717) is 37.8 Å². The predicted octanol–water partition coefficient (Wildman–Crippen LogP) is 6.97. The summed E-state index contributed by atoms with van der Waals surface area (Å²) in [6.45, 7) is -0.884. The number of imide groups is 1. The van der Waals surface area contributed by atoms with Crippen molar-refractivity contribution in [1.82, 2.24) is 4.90 Å². The van der Waals surface area contributed by atoms with E-state index in [0.717, 1.165) is 21.1 Å². The van der Waals surface area contributed by atoms with Crippen LogP contribution in [0.5, 0.6) is 5.75 Å². The van der Waals surface area contributed by atoms with Crippen LogP contribution in [0.2, 0.25) is 10.0 Å². The minimum Gasteiger partial charge on any atom is -0.482 e. The number of Topliss-reactive ketones (excluding diaryl/α,β-unsaturated/α-hetero) is 2. The van der Waals surface area contributed by atoms with Gasteiger partial charge < -0.3 is 9.84 Å². The van der Waals surface area contributed by atoms with Gasteiger partial charge in [0.1, 0.15) is 5.75 Å². The van der Waals surface area contributed by atoms with E-state index in [1.165, 1.54) is 12.1 Å². The molecule has 1 aliphatic heterocycles. The molecule has 1 heterocycles. The second-order valence-corrected chi connectivity index (χ2v) is 11.9. The third-order valence-electron chi connectivity index (χ3n) is 5.54. The highest BCUT2D eigenvalue weighted by molar-refractivity contribution is 9.10. The second-order valence-electron chi connectivity index (χ2n) is 8.43. The number of carboxylic acid groups (broad SMARTS) is 1. The number of hydrogen-bond donors (Lipinski definition) is 1. The molecule has 4 rings (SSSR count). The average Bonchev–Trinajstić information content (AvgIpc) is 3.20. The maximum atomic E-state index is 12.8. The summed E-state index contributed by atoms with van der Waals surface area (Å²) < 4.78 is 6.00. The van der Waals surface area contributed by atoms with Crippen molar-refractivity contribution in [2.24, 2.45) is 0 Å². The Bertz CT molecular complexity index is 1450. The van der Waals surface area contributed by atoms with Crippen LogP contribution in [0, 0.1) is 0 Å². The molecule has 1 fully saturated rings. The highest BCUT2D eigenvalue weighted by atomic mass is 79.9. The van der Waals surface area contributed by atoms with Gasteiger partial charge in [0, 0.05) is 25.6 Å². The number of thioether (sulfide) groups is 1. The number of carbonyl (C=O) groups is 5. The summed E-state index contributed by atoms with van der Waals surface area (Å²) in [5, 5.41) is 9.06. The largest absolute Gasteiger partial charge is 0.482 e. The number of hydrogen-bond acceptors (Lipinski definition) is 7. The van der Waals surface area contributed by atoms with Crippen molar-refractivity contribution < 1.29 is 33.8 Å². The van der Waals surface area contributed by atoms with Gasteiger partial charge in [-0.15, -0.1) is 0 Å². The van der Waals surface area contributed by atoms with Crippen LogP contribution in [0.25, 0.3) is 0 Å². The van der Waals surface area contributed by atoms with Crippen LogP contribution in [0.4, 0.5) is 4.79 Å². The van der Waals surface area contributed by atoms with E-state index < -0.39 is 29.0 Å². The number of nitrogens with zero attached hydrogens (tertiary/aromatic N) is 1. The lowest BCUT2D eigenvalue weighted by atomic mass is 10.1. The Morgan fingerprint density at radius 2 is 1.46 bits per heavy atom. The summed E-state index contributed by atoms with van der Waals surface area (Å²) in [6.07, 6.45) is 0.148. The zero-order chi connectivity index (χ0) is 30.1. The zero-order valence-corrected chi connectivity index (χ0v) is 26.5. The molecule has 1 N–H and O–H groups in total. The van der Waals surface area contributed by atoms with Gasteiger partial charge in [-0.3, -0.25) is 24.1 Å². The van der Waals surface area contributed by atoms with Gasteiger partial charge >= 0.3 is 5.97 Å². The lowest BCUT2D eigenvalue weighted by molar-refractivity contribution is -0.139. The molecule has 0 saturated carbocycles. The summed E-state index contributed by atoms with van der Waals surface area (Å²) in [7, 11) is 0. The zero-order valence-electron chi connectivity index (χ0n) is 21.0. The van der Waals surface area contributed by atoms with Crippen molar-refractivity contribution in [2.45, 2.75) is 11.7 Å². The fourth-order valence-corrected chi connectivity index (χ4v) is 5.54. The first-order valence-electron chi connectivity index (χ1n) is 11.8. The molecule has 0 aliphatic carbocycles. The van der Waals surface area contributed by atoms with E-state index in [-0.39, 0.29) is 24.5 Å². The van der Waals surface area contributed by atoms with Gasteiger partial charge in [0.25, 0.3) is 5.24 Å². The molecule has 0 spiro atoms. The fraction of sp³-hybridized carbons (Fsp3) is 0.179. The van der Waals surface area contributed by atoms with Crippen molar-refractivity contribution >= 4 is 95.5 Å². The molecule has 214 valence electrons. The monoisotopic (exact) mass is 743 g/mol. The number of benzene rings is 3. The molecule has 3 aromatic rings. The summed E-state index contributed by atoms with van der Waals surface area (Å²) in [6, 6.07) is 18.0. The SMILES string of the molecule is O=C(CBr)c1ccc(Cl)cc1.O=C(O)COc1ccc(Br)cc1CC1SC(=O)N(CC(=O)c2ccc(Cl)cc2)C1=O. The third-order valence-corrected chi connectivity index (χ3v) is 8.12.